The molecule has 21 heavy (non-hydrogen) atoms. The molecule has 1 aliphatic carbocycles. The lowest BCUT2D eigenvalue weighted by Crippen LogP contribution is -2.25. The highest BCUT2D eigenvalue weighted by Gasteiger charge is 2.21. The van der Waals surface area contributed by atoms with Gasteiger partial charge in [-0.15, -0.1) is 0 Å². The van der Waals surface area contributed by atoms with Gasteiger partial charge in [-0.25, -0.2) is 17.5 Å². The van der Waals surface area contributed by atoms with E-state index in [-0.39, 0.29) is 10.7 Å². The molecule has 0 aliphatic heterocycles. The molecule has 0 atom stereocenters. The Balaban J connectivity index is 2.06. The molecule has 1 aromatic carbocycles. The van der Waals surface area contributed by atoms with Crippen molar-refractivity contribution in [1.29, 1.82) is 0 Å². The summed E-state index contributed by atoms with van der Waals surface area (Å²) in [5.41, 5.74) is 0.719. The minimum atomic E-state index is -3.56. The van der Waals surface area contributed by atoms with Crippen molar-refractivity contribution < 1.29 is 12.8 Å². The fourth-order valence-electron chi connectivity index (χ4n) is 2.37. The first-order valence-corrected chi connectivity index (χ1v) is 8.85. The van der Waals surface area contributed by atoms with Crippen molar-refractivity contribution in [1.82, 2.24) is 10.0 Å². The van der Waals surface area contributed by atoms with Crippen molar-refractivity contribution in [2.75, 3.05) is 13.6 Å². The molecular formula is C15H23FN2O2S. The first-order valence-electron chi connectivity index (χ1n) is 7.37. The molecule has 2 rings (SSSR count). The van der Waals surface area contributed by atoms with Crippen LogP contribution in [-0.4, -0.2) is 22.0 Å². The number of nitrogens with one attached hydrogen (secondary N) is 2. The van der Waals surface area contributed by atoms with Gasteiger partial charge in [0, 0.05) is 18.7 Å². The normalized spacial score (nSPS) is 15.4. The van der Waals surface area contributed by atoms with Crippen LogP contribution < -0.4 is 10.0 Å². The summed E-state index contributed by atoms with van der Waals surface area (Å²) in [5.74, 6) is 0.446. The van der Waals surface area contributed by atoms with Gasteiger partial charge in [-0.2, -0.15) is 0 Å². The Bertz CT molecular complexity index is 598. The number of aryl methyl sites for hydroxylation is 1. The molecule has 1 aliphatic rings. The van der Waals surface area contributed by atoms with E-state index in [9.17, 15) is 12.8 Å². The summed E-state index contributed by atoms with van der Waals surface area (Å²) in [4.78, 5) is 0.137. The lowest BCUT2D eigenvalue weighted by atomic mass is 10.1. The van der Waals surface area contributed by atoms with Crippen molar-refractivity contribution in [3.8, 4) is 0 Å². The Hall–Kier alpha value is -0.980. The Morgan fingerprint density at radius 2 is 2.05 bits per heavy atom. The van der Waals surface area contributed by atoms with Crippen LogP contribution in [0.15, 0.2) is 17.0 Å². The van der Waals surface area contributed by atoms with Crippen LogP contribution in [0.5, 0.6) is 0 Å². The molecule has 1 fully saturated rings. The molecule has 0 saturated heterocycles. The molecule has 0 aromatic heterocycles. The van der Waals surface area contributed by atoms with Gasteiger partial charge < -0.3 is 5.32 Å². The summed E-state index contributed by atoms with van der Waals surface area (Å²) >= 11 is 0. The first-order chi connectivity index (χ1) is 9.94. The maximum Gasteiger partial charge on any atom is 0.240 e. The van der Waals surface area contributed by atoms with Gasteiger partial charge in [0.1, 0.15) is 5.82 Å². The SMILES string of the molecule is CNCc1cc(S(=O)(=O)NCCCC2CC2)cc(C)c1F. The molecule has 0 unspecified atom stereocenters. The third kappa shape index (κ3) is 4.49. The quantitative estimate of drug-likeness (QED) is 0.724. The predicted molar refractivity (Wildman–Crippen MR) is 81.0 cm³/mol. The minimum absolute atomic E-state index is 0.137. The van der Waals surface area contributed by atoms with E-state index >= 15 is 0 Å². The Morgan fingerprint density at radius 3 is 2.67 bits per heavy atom. The van der Waals surface area contributed by atoms with Gasteiger partial charge in [-0.3, -0.25) is 0 Å². The highest BCUT2D eigenvalue weighted by Crippen LogP contribution is 2.33. The minimum Gasteiger partial charge on any atom is -0.316 e. The van der Waals surface area contributed by atoms with E-state index in [0.29, 0.717) is 24.2 Å². The van der Waals surface area contributed by atoms with Gasteiger partial charge in [0.25, 0.3) is 0 Å². The van der Waals surface area contributed by atoms with Crippen molar-refractivity contribution in [2.24, 2.45) is 5.92 Å². The van der Waals surface area contributed by atoms with E-state index < -0.39 is 10.0 Å². The van der Waals surface area contributed by atoms with Gasteiger partial charge in [0.15, 0.2) is 0 Å². The van der Waals surface area contributed by atoms with Gasteiger partial charge in [0.05, 0.1) is 4.90 Å². The third-order valence-corrected chi connectivity index (χ3v) is 5.20. The van der Waals surface area contributed by atoms with Crippen LogP contribution in [-0.2, 0) is 16.6 Å². The Morgan fingerprint density at radius 1 is 1.33 bits per heavy atom. The second kappa shape index (κ2) is 6.85. The molecule has 2 N–H and O–H groups in total. The molecule has 0 radical (unpaired) electrons. The summed E-state index contributed by atoms with van der Waals surface area (Å²) in [6, 6.07) is 2.79. The highest BCUT2D eigenvalue weighted by atomic mass is 32.2. The average molecular weight is 314 g/mol. The van der Waals surface area contributed by atoms with Gasteiger partial charge >= 0.3 is 0 Å². The fraction of sp³-hybridized carbons (Fsp3) is 0.600. The summed E-state index contributed by atoms with van der Waals surface area (Å²) in [7, 11) is -1.86. The summed E-state index contributed by atoms with van der Waals surface area (Å²) in [6.07, 6.45) is 4.48. The lowest BCUT2D eigenvalue weighted by Gasteiger charge is -2.11. The van der Waals surface area contributed by atoms with Crippen LogP contribution in [0, 0.1) is 18.7 Å². The van der Waals surface area contributed by atoms with E-state index in [1.54, 1.807) is 14.0 Å². The van der Waals surface area contributed by atoms with Crippen LogP contribution in [0.25, 0.3) is 0 Å². The number of hydrogen-bond acceptors (Lipinski definition) is 3. The molecule has 6 heteroatoms. The lowest BCUT2D eigenvalue weighted by molar-refractivity contribution is 0.568. The number of sulfonamides is 1. The number of halogens is 1. The molecule has 0 amide bonds. The van der Waals surface area contributed by atoms with Crippen molar-refractivity contribution in [3.05, 3.63) is 29.1 Å². The largest absolute Gasteiger partial charge is 0.316 e. The molecule has 0 bridgehead atoms. The monoisotopic (exact) mass is 314 g/mol. The second-order valence-corrected chi connectivity index (χ2v) is 7.49. The standard InChI is InChI=1S/C15H23FN2O2S/c1-11-8-14(9-13(10-17-2)15(11)16)21(19,20)18-7-3-4-12-5-6-12/h8-9,12,17-18H,3-7,10H2,1-2H3. The average Bonchev–Trinajstić information content (AvgIpc) is 3.24. The maximum absolute atomic E-state index is 13.9. The van der Waals surface area contributed by atoms with Gasteiger partial charge in [-0.05, 0) is 50.4 Å². The molecule has 118 valence electrons. The maximum atomic E-state index is 13.9. The van der Waals surface area contributed by atoms with Gasteiger partial charge in [-0.1, -0.05) is 12.8 Å². The Kier molecular flexibility index (Phi) is 5.35. The van der Waals surface area contributed by atoms with Crippen LogP contribution >= 0.6 is 0 Å². The van der Waals surface area contributed by atoms with E-state index in [0.717, 1.165) is 18.8 Å². The molecule has 4 nitrogen and oxygen atoms in total. The summed E-state index contributed by atoms with van der Waals surface area (Å²) < 4.78 is 41.0. The second-order valence-electron chi connectivity index (χ2n) is 5.73. The zero-order valence-corrected chi connectivity index (χ0v) is 13.4. The van der Waals surface area contributed by atoms with E-state index in [2.05, 4.69) is 10.0 Å². The third-order valence-electron chi connectivity index (χ3n) is 3.76. The zero-order valence-electron chi connectivity index (χ0n) is 12.6. The van der Waals surface area contributed by atoms with Crippen LogP contribution in [0.3, 0.4) is 0 Å². The fourth-order valence-corrected chi connectivity index (χ4v) is 3.58. The topological polar surface area (TPSA) is 58.2 Å². The number of hydrogen-bond donors (Lipinski definition) is 2. The number of benzene rings is 1. The van der Waals surface area contributed by atoms with Crippen LogP contribution in [0.1, 0.15) is 36.8 Å². The van der Waals surface area contributed by atoms with Crippen molar-refractivity contribution in [2.45, 2.75) is 44.0 Å². The summed E-state index contributed by atoms with van der Waals surface area (Å²) in [6.45, 7) is 2.33. The van der Waals surface area contributed by atoms with E-state index in [4.69, 9.17) is 0 Å². The smallest absolute Gasteiger partial charge is 0.240 e. The van der Waals surface area contributed by atoms with Crippen molar-refractivity contribution >= 4 is 10.0 Å². The molecule has 1 saturated carbocycles. The summed E-state index contributed by atoms with van der Waals surface area (Å²) in [5, 5.41) is 2.85. The molecule has 1 aromatic rings. The van der Waals surface area contributed by atoms with E-state index in [1.165, 1.54) is 25.0 Å². The highest BCUT2D eigenvalue weighted by molar-refractivity contribution is 7.89. The van der Waals surface area contributed by atoms with Gasteiger partial charge in [0.2, 0.25) is 10.0 Å². The number of rotatable bonds is 8. The molecule has 0 heterocycles. The predicted octanol–water partition coefficient (Wildman–Crippen LogP) is 2.32. The van der Waals surface area contributed by atoms with Crippen LogP contribution in [0.4, 0.5) is 4.39 Å². The van der Waals surface area contributed by atoms with E-state index in [1.807, 2.05) is 0 Å². The Labute approximate surface area is 126 Å². The van der Waals surface area contributed by atoms with Crippen molar-refractivity contribution in [3.63, 3.8) is 0 Å². The zero-order chi connectivity index (χ0) is 15.5. The molecular weight excluding hydrogens is 291 g/mol. The molecule has 0 spiro atoms. The first kappa shape index (κ1) is 16.4. The van der Waals surface area contributed by atoms with Crippen LogP contribution in [0.2, 0.25) is 0 Å².